The Bertz CT molecular complexity index is 619. The molecule has 20 heavy (non-hydrogen) atoms. The first-order chi connectivity index (χ1) is 9.85. The average Bonchev–Trinajstić information content (AvgIpc) is 2.52. The fourth-order valence-electron chi connectivity index (χ4n) is 2.01. The molecule has 0 spiro atoms. The van der Waals surface area contributed by atoms with Gasteiger partial charge in [0.15, 0.2) is 0 Å². The maximum atomic E-state index is 4.82. The second kappa shape index (κ2) is 7.25. The molecule has 1 heteroatoms. The molecule has 0 amide bonds. The summed E-state index contributed by atoms with van der Waals surface area (Å²) >= 11 is 0. The molecular formula is C19H19N. The van der Waals surface area contributed by atoms with Gasteiger partial charge < -0.3 is 0 Å². The Labute approximate surface area is 121 Å². The lowest BCUT2D eigenvalue weighted by molar-refractivity contribution is 1.47. The van der Waals surface area contributed by atoms with Gasteiger partial charge in [-0.05, 0) is 31.6 Å². The predicted octanol–water partition coefficient (Wildman–Crippen LogP) is 5.33. The van der Waals surface area contributed by atoms with Gasteiger partial charge in [0.1, 0.15) is 0 Å². The van der Waals surface area contributed by atoms with E-state index in [4.69, 9.17) is 4.99 Å². The highest BCUT2D eigenvalue weighted by atomic mass is 14.7. The fraction of sp³-hybridized carbons (Fsp3) is 0.105. The third-order valence-corrected chi connectivity index (χ3v) is 2.97. The predicted molar refractivity (Wildman–Crippen MR) is 87.7 cm³/mol. The van der Waals surface area contributed by atoms with E-state index in [1.54, 1.807) is 0 Å². The quantitative estimate of drug-likeness (QED) is 0.521. The number of para-hydroxylation sites is 1. The number of benzene rings is 2. The van der Waals surface area contributed by atoms with E-state index in [1.165, 1.54) is 0 Å². The van der Waals surface area contributed by atoms with Crippen molar-refractivity contribution >= 4 is 11.4 Å². The molecule has 0 saturated heterocycles. The smallest absolute Gasteiger partial charge is 0.0778 e. The standard InChI is InChI=1S/C19H19N/c1-3-11-16(4-2)19(17-12-7-5-8-13-17)20-18-14-9-6-10-15-18/h3-15H,1-2H3/b11-3-,16-4+,20-19?. The molecule has 2 aromatic carbocycles. The Morgan fingerprint density at radius 2 is 1.45 bits per heavy atom. The molecule has 0 N–H and O–H groups in total. The minimum Gasteiger partial charge on any atom is -0.248 e. The van der Waals surface area contributed by atoms with Crippen LogP contribution in [0.3, 0.4) is 0 Å². The van der Waals surface area contributed by atoms with Crippen LogP contribution in [0.2, 0.25) is 0 Å². The highest BCUT2D eigenvalue weighted by Crippen LogP contribution is 2.18. The number of hydrogen-bond donors (Lipinski definition) is 0. The van der Waals surface area contributed by atoms with E-state index in [0.717, 1.165) is 22.5 Å². The lowest BCUT2D eigenvalue weighted by Crippen LogP contribution is -2.03. The van der Waals surface area contributed by atoms with Gasteiger partial charge in [-0.15, -0.1) is 0 Å². The first-order valence-electron chi connectivity index (χ1n) is 6.83. The van der Waals surface area contributed by atoms with Gasteiger partial charge in [0, 0.05) is 5.56 Å². The summed E-state index contributed by atoms with van der Waals surface area (Å²) in [6.45, 7) is 4.06. The minimum absolute atomic E-state index is 0.968. The van der Waals surface area contributed by atoms with Crippen LogP contribution in [0.25, 0.3) is 0 Å². The van der Waals surface area contributed by atoms with Crippen LogP contribution in [0.15, 0.2) is 89.5 Å². The first-order valence-corrected chi connectivity index (χ1v) is 6.83. The van der Waals surface area contributed by atoms with Gasteiger partial charge in [0.05, 0.1) is 11.4 Å². The third-order valence-electron chi connectivity index (χ3n) is 2.97. The Hall–Kier alpha value is -2.41. The van der Waals surface area contributed by atoms with Gasteiger partial charge in [-0.2, -0.15) is 0 Å². The topological polar surface area (TPSA) is 12.4 Å². The van der Waals surface area contributed by atoms with Crippen LogP contribution in [-0.2, 0) is 0 Å². The van der Waals surface area contributed by atoms with Gasteiger partial charge in [-0.25, -0.2) is 4.99 Å². The molecule has 0 heterocycles. The summed E-state index contributed by atoms with van der Waals surface area (Å²) in [5.74, 6) is 0. The largest absolute Gasteiger partial charge is 0.248 e. The SMILES string of the molecule is C/C=C\C(=C/C)C(=Nc1ccccc1)c1ccccc1. The molecule has 2 rings (SSSR count). The minimum atomic E-state index is 0.968. The Balaban J connectivity index is 2.53. The zero-order valence-corrected chi connectivity index (χ0v) is 12.0. The van der Waals surface area contributed by atoms with Crippen molar-refractivity contribution in [3.05, 3.63) is 90.0 Å². The second-order valence-corrected chi connectivity index (χ2v) is 4.41. The summed E-state index contributed by atoms with van der Waals surface area (Å²) in [4.78, 5) is 4.82. The Morgan fingerprint density at radius 3 is 2.00 bits per heavy atom. The van der Waals surface area contributed by atoms with Crippen molar-refractivity contribution in [2.75, 3.05) is 0 Å². The molecule has 0 aliphatic rings. The number of allylic oxidation sites excluding steroid dienone is 4. The van der Waals surface area contributed by atoms with Gasteiger partial charge in [-0.1, -0.05) is 66.8 Å². The van der Waals surface area contributed by atoms with Gasteiger partial charge >= 0.3 is 0 Å². The monoisotopic (exact) mass is 261 g/mol. The molecule has 0 fully saturated rings. The molecule has 0 saturated carbocycles. The number of aliphatic imine (C=N–C) groups is 1. The van der Waals surface area contributed by atoms with Crippen molar-refractivity contribution < 1.29 is 0 Å². The van der Waals surface area contributed by atoms with Crippen molar-refractivity contribution in [1.29, 1.82) is 0 Å². The first kappa shape index (κ1) is 14.0. The summed E-state index contributed by atoms with van der Waals surface area (Å²) in [6.07, 6.45) is 6.22. The van der Waals surface area contributed by atoms with Crippen molar-refractivity contribution in [1.82, 2.24) is 0 Å². The summed E-state index contributed by atoms with van der Waals surface area (Å²) < 4.78 is 0. The third kappa shape index (κ3) is 3.55. The van der Waals surface area contributed by atoms with Crippen LogP contribution in [0.5, 0.6) is 0 Å². The molecule has 0 unspecified atom stereocenters. The second-order valence-electron chi connectivity index (χ2n) is 4.41. The lowest BCUT2D eigenvalue weighted by Gasteiger charge is -2.08. The van der Waals surface area contributed by atoms with Gasteiger partial charge in [-0.3, -0.25) is 0 Å². The van der Waals surface area contributed by atoms with E-state index >= 15 is 0 Å². The molecular weight excluding hydrogens is 242 g/mol. The van der Waals surface area contributed by atoms with Crippen molar-refractivity contribution in [3.63, 3.8) is 0 Å². The number of rotatable bonds is 4. The Morgan fingerprint density at radius 1 is 0.850 bits per heavy atom. The summed E-state index contributed by atoms with van der Waals surface area (Å²) in [7, 11) is 0. The molecule has 1 nitrogen and oxygen atoms in total. The average molecular weight is 261 g/mol. The normalized spacial score (nSPS) is 12.9. The van der Waals surface area contributed by atoms with E-state index in [9.17, 15) is 0 Å². The van der Waals surface area contributed by atoms with Gasteiger partial charge in [0.25, 0.3) is 0 Å². The number of nitrogens with zero attached hydrogens (tertiary/aromatic N) is 1. The maximum absolute atomic E-state index is 4.82. The summed E-state index contributed by atoms with van der Waals surface area (Å²) in [5.41, 5.74) is 4.22. The highest BCUT2D eigenvalue weighted by Gasteiger charge is 2.06. The van der Waals surface area contributed by atoms with E-state index in [2.05, 4.69) is 24.3 Å². The highest BCUT2D eigenvalue weighted by molar-refractivity contribution is 6.15. The lowest BCUT2D eigenvalue weighted by atomic mass is 10.0. The molecule has 100 valence electrons. The van der Waals surface area contributed by atoms with E-state index in [0.29, 0.717) is 0 Å². The summed E-state index contributed by atoms with van der Waals surface area (Å²) in [6, 6.07) is 20.3. The zero-order valence-electron chi connectivity index (χ0n) is 12.0. The van der Waals surface area contributed by atoms with Crippen LogP contribution in [0.1, 0.15) is 19.4 Å². The van der Waals surface area contributed by atoms with E-state index in [-0.39, 0.29) is 0 Å². The van der Waals surface area contributed by atoms with Crippen molar-refractivity contribution in [2.24, 2.45) is 4.99 Å². The van der Waals surface area contributed by atoms with Crippen LogP contribution in [0, 0.1) is 0 Å². The molecule has 2 aromatic rings. The maximum Gasteiger partial charge on any atom is 0.0778 e. The van der Waals surface area contributed by atoms with Gasteiger partial charge in [0.2, 0.25) is 0 Å². The molecule has 0 aliphatic carbocycles. The zero-order chi connectivity index (χ0) is 14.2. The fourth-order valence-corrected chi connectivity index (χ4v) is 2.01. The number of hydrogen-bond acceptors (Lipinski definition) is 1. The van der Waals surface area contributed by atoms with Crippen LogP contribution >= 0.6 is 0 Å². The van der Waals surface area contributed by atoms with E-state index < -0.39 is 0 Å². The molecule has 0 radical (unpaired) electrons. The van der Waals surface area contributed by atoms with Crippen molar-refractivity contribution in [2.45, 2.75) is 13.8 Å². The Kier molecular flexibility index (Phi) is 5.08. The van der Waals surface area contributed by atoms with Crippen LogP contribution in [0.4, 0.5) is 5.69 Å². The van der Waals surface area contributed by atoms with E-state index in [1.807, 2.05) is 68.5 Å². The van der Waals surface area contributed by atoms with Crippen LogP contribution in [-0.4, -0.2) is 5.71 Å². The molecule has 0 aliphatic heterocycles. The summed E-state index contributed by atoms with van der Waals surface area (Å²) in [5, 5.41) is 0. The molecule has 0 atom stereocenters. The molecule has 0 aromatic heterocycles. The van der Waals surface area contributed by atoms with Crippen LogP contribution < -0.4 is 0 Å². The van der Waals surface area contributed by atoms with Crippen molar-refractivity contribution in [3.8, 4) is 0 Å². The molecule has 0 bridgehead atoms.